The van der Waals surface area contributed by atoms with Gasteiger partial charge in [-0.15, -0.1) is 0 Å². The van der Waals surface area contributed by atoms with Gasteiger partial charge in [-0.2, -0.15) is 0 Å². The number of fused-ring (bicyclic) bond motifs is 13. The molecule has 16 aromatic carbocycles. The molecule has 512 valence electrons. The van der Waals surface area contributed by atoms with Gasteiger partial charge in [0.15, 0.2) is 0 Å². The van der Waals surface area contributed by atoms with Crippen LogP contribution in [0.1, 0.15) is 211 Å². The van der Waals surface area contributed by atoms with Gasteiger partial charge in [0, 0.05) is 0 Å². The highest BCUT2D eigenvalue weighted by atomic mass is 14.3. The molecule has 0 saturated heterocycles. The fraction of sp³-hybridized carbons (Fsp3) is 0.314. The predicted molar refractivity (Wildman–Crippen MR) is 453 cm³/mol. The van der Waals surface area contributed by atoms with Gasteiger partial charge in [0.25, 0.3) is 0 Å². The normalized spacial score (nSPS) is 13.7. The summed E-state index contributed by atoms with van der Waals surface area (Å²) in [4.78, 5) is 0. The first kappa shape index (κ1) is 67.4. The van der Waals surface area contributed by atoms with E-state index in [1.54, 1.807) is 0 Å². The molecule has 0 heterocycles. The topological polar surface area (TPSA) is 0 Å². The fourth-order valence-electron chi connectivity index (χ4n) is 16.8. The zero-order valence-corrected chi connectivity index (χ0v) is 65.5. The minimum absolute atomic E-state index is 0.0110. The molecule has 0 bridgehead atoms. The number of rotatable bonds is 4. The van der Waals surface area contributed by atoms with Crippen molar-refractivity contribution in [3.8, 4) is 44.5 Å². The van der Waals surface area contributed by atoms with Gasteiger partial charge in [-0.3, -0.25) is 0 Å². The summed E-state index contributed by atoms with van der Waals surface area (Å²) in [7, 11) is 0. The van der Waals surface area contributed by atoms with Crippen LogP contribution in [0.5, 0.6) is 0 Å². The van der Waals surface area contributed by atoms with Crippen molar-refractivity contribution >= 4 is 118 Å². The molecule has 102 heavy (non-hydrogen) atoms. The average Bonchev–Trinajstić information content (AvgIpc) is 1.52. The van der Waals surface area contributed by atoms with Crippen LogP contribution in [0.15, 0.2) is 194 Å². The maximum absolute atomic E-state index is 2.64. The highest BCUT2D eigenvalue weighted by molar-refractivity contribution is 6.42. The molecule has 0 amide bonds. The largest absolute Gasteiger partial charge is 0.0579 e. The van der Waals surface area contributed by atoms with Gasteiger partial charge in [0.2, 0.25) is 0 Å². The average molecular weight is 1330 g/mol. The molecule has 0 atom stereocenters. The van der Waals surface area contributed by atoms with Crippen molar-refractivity contribution in [1.82, 2.24) is 0 Å². The molecule has 0 unspecified atom stereocenters. The second-order valence-corrected chi connectivity index (χ2v) is 39.2. The standard InChI is InChI=1S/C102H104/c1-95(2,3)65-31-25-57-37-69(99(13,14)15)51-79(75(57)47-65)61-29-35-73-83(41-61)91-55-85-86(89-45-63(43-87(73)93(89)91)81-53-71(101(19,20)21)39-59-27-33-67(49-77(59)81)97(7,8)9)56-92-84-42-62(80-52-70(100(16,17)18)38-58-26-32-66(48-76(58)80)96(4,5)6)30-36-74(84)88-44-64(46-90(85)94(88)92)82-54-72(102(22,23)24)40-60-28-34-68(50-78(60)82)98(10,11)12/h25-56H,1-24H3. The smallest absolute Gasteiger partial charge is 0.00195 e. The first-order valence-corrected chi connectivity index (χ1v) is 37.8. The molecule has 0 nitrogen and oxygen atoms in total. The van der Waals surface area contributed by atoms with Crippen LogP contribution < -0.4 is 0 Å². The lowest BCUT2D eigenvalue weighted by Crippen LogP contribution is -2.12. The molecule has 16 aromatic rings. The van der Waals surface area contributed by atoms with Crippen LogP contribution in [0.4, 0.5) is 0 Å². The maximum Gasteiger partial charge on any atom is -0.00195 e. The molecule has 0 aromatic heterocycles. The van der Waals surface area contributed by atoms with Crippen LogP contribution >= 0.6 is 0 Å². The Hall–Kier alpha value is -9.10. The lowest BCUT2D eigenvalue weighted by atomic mass is 9.80. The number of hydrogen-bond acceptors (Lipinski definition) is 0. The minimum atomic E-state index is -0.0871. The molecule has 0 aliphatic carbocycles. The molecule has 0 aliphatic heterocycles. The molecular formula is C102H104. The number of hydrogen-bond donors (Lipinski definition) is 0. The van der Waals surface area contributed by atoms with Gasteiger partial charge in [-0.25, -0.2) is 0 Å². The minimum Gasteiger partial charge on any atom is -0.0579 e. The van der Waals surface area contributed by atoms with E-state index in [1.165, 1.54) is 208 Å². The summed E-state index contributed by atoms with van der Waals surface area (Å²) in [5, 5.41) is 28.6. The summed E-state index contributed by atoms with van der Waals surface area (Å²) in [5.74, 6) is 0. The summed E-state index contributed by atoms with van der Waals surface area (Å²) in [6.07, 6.45) is 0. The zero-order chi connectivity index (χ0) is 72.6. The molecule has 0 saturated carbocycles. The van der Waals surface area contributed by atoms with Crippen LogP contribution in [-0.2, 0) is 43.3 Å². The van der Waals surface area contributed by atoms with Gasteiger partial charge in [0.05, 0.1) is 0 Å². The van der Waals surface area contributed by atoms with Crippen LogP contribution in [0, 0.1) is 0 Å². The monoisotopic (exact) mass is 1330 g/mol. The van der Waals surface area contributed by atoms with Crippen LogP contribution in [0.25, 0.3) is 163 Å². The highest BCUT2D eigenvalue weighted by Gasteiger charge is 2.29. The third-order valence-electron chi connectivity index (χ3n) is 23.5. The van der Waals surface area contributed by atoms with E-state index in [9.17, 15) is 0 Å². The van der Waals surface area contributed by atoms with E-state index >= 15 is 0 Å². The quantitative estimate of drug-likeness (QED) is 0.154. The summed E-state index contributed by atoms with van der Waals surface area (Å²) < 4.78 is 0. The lowest BCUT2D eigenvalue weighted by molar-refractivity contribution is 0.589. The van der Waals surface area contributed by atoms with E-state index < -0.39 is 0 Å². The van der Waals surface area contributed by atoms with Gasteiger partial charge < -0.3 is 0 Å². The molecule has 0 N–H and O–H groups in total. The van der Waals surface area contributed by atoms with Crippen molar-refractivity contribution < 1.29 is 0 Å². The summed E-state index contributed by atoms with van der Waals surface area (Å²) in [6, 6.07) is 79.6. The first-order chi connectivity index (χ1) is 47.5. The van der Waals surface area contributed by atoms with Crippen molar-refractivity contribution in [2.75, 3.05) is 0 Å². The molecule has 0 heteroatoms. The van der Waals surface area contributed by atoms with Crippen LogP contribution in [0.2, 0.25) is 0 Å². The third-order valence-corrected chi connectivity index (χ3v) is 23.5. The third kappa shape index (κ3) is 11.1. The Labute approximate surface area is 607 Å². The van der Waals surface area contributed by atoms with Crippen molar-refractivity contribution in [3.05, 3.63) is 239 Å². The molecule has 0 fully saturated rings. The van der Waals surface area contributed by atoms with Gasteiger partial charge in [-0.05, 0) is 324 Å². The lowest BCUT2D eigenvalue weighted by Gasteiger charge is -2.24. The summed E-state index contributed by atoms with van der Waals surface area (Å²) >= 11 is 0. The summed E-state index contributed by atoms with van der Waals surface area (Å²) in [5.41, 5.74) is 20.5. The van der Waals surface area contributed by atoms with Gasteiger partial charge in [-0.1, -0.05) is 287 Å². The Morgan fingerprint density at radius 3 is 0.588 bits per heavy atom. The van der Waals surface area contributed by atoms with E-state index in [0.717, 1.165) is 0 Å². The summed E-state index contributed by atoms with van der Waals surface area (Å²) in [6.45, 7) is 56.6. The van der Waals surface area contributed by atoms with Gasteiger partial charge >= 0.3 is 0 Å². The second kappa shape index (κ2) is 22.2. The first-order valence-electron chi connectivity index (χ1n) is 37.8. The van der Waals surface area contributed by atoms with E-state index in [2.05, 4.69) is 360 Å². The number of benzene rings is 14. The molecule has 0 spiro atoms. The van der Waals surface area contributed by atoms with E-state index in [1.807, 2.05) is 0 Å². The van der Waals surface area contributed by atoms with E-state index in [4.69, 9.17) is 0 Å². The highest BCUT2D eigenvalue weighted by Crippen LogP contribution is 2.53. The molecule has 16 rings (SSSR count). The van der Waals surface area contributed by atoms with E-state index in [0.29, 0.717) is 0 Å². The van der Waals surface area contributed by atoms with Crippen molar-refractivity contribution in [3.63, 3.8) is 0 Å². The van der Waals surface area contributed by atoms with Crippen molar-refractivity contribution in [1.29, 1.82) is 0 Å². The molecule has 0 radical (unpaired) electrons. The van der Waals surface area contributed by atoms with E-state index in [-0.39, 0.29) is 43.3 Å². The second-order valence-electron chi connectivity index (χ2n) is 39.2. The Kier molecular flexibility index (Phi) is 14.7. The molecular weight excluding hydrogens is 1230 g/mol. The Bertz CT molecular complexity index is 5830. The Morgan fingerprint density at radius 2 is 0.343 bits per heavy atom. The predicted octanol–water partition coefficient (Wildman–Crippen LogP) is 30.3. The van der Waals surface area contributed by atoms with Crippen molar-refractivity contribution in [2.24, 2.45) is 0 Å². The SMILES string of the molecule is CC(C)(C)c1cc(-c2ccc3c(c2)c2cc4c(cc5c6cc(-c7cc(C(C)(C)C)cc8ccc(C(C)(C)C)cc78)ccc6c6cc(-c7cc(C(C)(C)C)cc8ccc(C(C)(C)C)cc78)cc4c65)c4cc(-c5cc(C(C)(C)C)cc6ccc(C(C)(C)C)cc56)cc3c42)c2cc(C(C)(C)C)ccc2c1. The van der Waals surface area contributed by atoms with Crippen LogP contribution in [0.3, 0.4) is 0 Å². The van der Waals surface area contributed by atoms with Crippen molar-refractivity contribution in [2.45, 2.75) is 209 Å². The Balaban J connectivity index is 1.10. The van der Waals surface area contributed by atoms with Gasteiger partial charge in [0.1, 0.15) is 0 Å². The maximum atomic E-state index is 2.64. The van der Waals surface area contributed by atoms with Crippen LogP contribution in [-0.4, -0.2) is 0 Å². The molecule has 0 aliphatic rings. The zero-order valence-electron chi connectivity index (χ0n) is 65.5. The Morgan fingerprint density at radius 1 is 0.137 bits per heavy atom. The fourth-order valence-corrected chi connectivity index (χ4v) is 16.8.